The number of aryl methyl sites for hydroxylation is 1. The Hall–Kier alpha value is -2.14. The Morgan fingerprint density at radius 1 is 1.25 bits per heavy atom. The molecule has 0 saturated heterocycles. The number of hydrogen-bond acceptors (Lipinski definition) is 4. The normalized spacial score (nSPS) is 11.0. The van der Waals surface area contributed by atoms with Gasteiger partial charge < -0.3 is 14.2 Å². The molecule has 0 spiro atoms. The van der Waals surface area contributed by atoms with Crippen molar-refractivity contribution < 1.29 is 13.6 Å². The Kier molecular flexibility index (Phi) is 5.64. The molecule has 0 atom stereocenters. The third-order valence-corrected chi connectivity index (χ3v) is 4.85. The van der Waals surface area contributed by atoms with Crippen LogP contribution in [-0.4, -0.2) is 18.2 Å². The van der Waals surface area contributed by atoms with E-state index in [2.05, 4.69) is 18.3 Å². The molecule has 24 heavy (non-hydrogen) atoms. The van der Waals surface area contributed by atoms with Crippen LogP contribution < -0.4 is 5.32 Å². The summed E-state index contributed by atoms with van der Waals surface area (Å²) in [5.41, 5.74) is 3.03. The van der Waals surface area contributed by atoms with Crippen LogP contribution in [0.25, 0.3) is 11.0 Å². The zero-order valence-electron chi connectivity index (χ0n) is 13.7. The van der Waals surface area contributed by atoms with Gasteiger partial charge in [0.2, 0.25) is 5.91 Å². The highest BCUT2D eigenvalue weighted by Gasteiger charge is 2.10. The van der Waals surface area contributed by atoms with Crippen LogP contribution in [0, 0.1) is 0 Å². The molecule has 2 heterocycles. The molecule has 2 aromatic heterocycles. The number of fused-ring (bicyclic) bond motifs is 1. The van der Waals surface area contributed by atoms with Crippen molar-refractivity contribution in [3.05, 3.63) is 59.7 Å². The van der Waals surface area contributed by atoms with E-state index in [0.29, 0.717) is 13.0 Å². The summed E-state index contributed by atoms with van der Waals surface area (Å²) in [4.78, 5) is 12.1. The minimum absolute atomic E-state index is 0.0240. The largest absolute Gasteiger partial charge is 0.468 e. The summed E-state index contributed by atoms with van der Waals surface area (Å²) in [5.74, 6) is 2.67. The number of thioether (sulfide) groups is 1. The summed E-state index contributed by atoms with van der Waals surface area (Å²) in [6.45, 7) is 2.77. The second kappa shape index (κ2) is 8.11. The fourth-order valence-corrected chi connectivity index (χ4v) is 3.31. The van der Waals surface area contributed by atoms with Crippen molar-refractivity contribution in [2.24, 2.45) is 0 Å². The summed E-state index contributed by atoms with van der Waals surface area (Å²) >= 11 is 1.74. The average molecular weight is 343 g/mol. The number of benzene rings is 1. The van der Waals surface area contributed by atoms with E-state index in [-0.39, 0.29) is 5.91 Å². The van der Waals surface area contributed by atoms with Gasteiger partial charge >= 0.3 is 0 Å². The molecule has 4 nitrogen and oxygen atoms in total. The van der Waals surface area contributed by atoms with Gasteiger partial charge in [-0.25, -0.2) is 0 Å². The SMILES string of the molecule is CCc1ccc2c(CC(=O)NCCSCc3ccco3)coc2c1. The molecule has 1 amide bonds. The number of carbonyl (C=O) groups is 1. The van der Waals surface area contributed by atoms with Crippen LogP contribution in [0.3, 0.4) is 0 Å². The molecule has 0 bridgehead atoms. The highest BCUT2D eigenvalue weighted by atomic mass is 32.2. The van der Waals surface area contributed by atoms with Gasteiger partial charge in [0.15, 0.2) is 0 Å². The molecule has 0 fully saturated rings. The van der Waals surface area contributed by atoms with Gasteiger partial charge in [0.05, 0.1) is 24.7 Å². The van der Waals surface area contributed by atoms with Crippen molar-refractivity contribution in [2.45, 2.75) is 25.5 Å². The average Bonchev–Trinajstić information content (AvgIpc) is 3.24. The molecular weight excluding hydrogens is 322 g/mol. The summed E-state index contributed by atoms with van der Waals surface area (Å²) in [5, 5.41) is 3.98. The van der Waals surface area contributed by atoms with Gasteiger partial charge in [-0.2, -0.15) is 11.8 Å². The van der Waals surface area contributed by atoms with Crippen molar-refractivity contribution in [3.8, 4) is 0 Å². The van der Waals surface area contributed by atoms with Crippen molar-refractivity contribution in [1.82, 2.24) is 5.32 Å². The molecular formula is C19H21NO3S. The standard InChI is InChI=1S/C19H21NO3S/c1-2-14-5-6-17-15(12-23-18(17)10-14)11-19(21)20-7-9-24-13-16-4-3-8-22-16/h3-6,8,10,12H,2,7,9,11,13H2,1H3,(H,20,21). The third kappa shape index (κ3) is 4.23. The lowest BCUT2D eigenvalue weighted by atomic mass is 10.1. The zero-order valence-corrected chi connectivity index (χ0v) is 14.5. The van der Waals surface area contributed by atoms with Gasteiger partial charge in [0, 0.05) is 23.2 Å². The van der Waals surface area contributed by atoms with E-state index in [1.165, 1.54) is 5.56 Å². The molecule has 0 unspecified atom stereocenters. The van der Waals surface area contributed by atoms with Gasteiger partial charge in [-0.05, 0) is 30.2 Å². The molecule has 3 aromatic rings. The fraction of sp³-hybridized carbons (Fsp3) is 0.316. The number of nitrogens with one attached hydrogen (secondary N) is 1. The first-order valence-electron chi connectivity index (χ1n) is 8.12. The minimum Gasteiger partial charge on any atom is -0.468 e. The summed E-state index contributed by atoms with van der Waals surface area (Å²) in [6, 6.07) is 10.0. The first-order valence-corrected chi connectivity index (χ1v) is 9.27. The van der Waals surface area contributed by atoms with Crippen LogP contribution >= 0.6 is 11.8 Å². The van der Waals surface area contributed by atoms with Crippen LogP contribution in [0.1, 0.15) is 23.8 Å². The van der Waals surface area contributed by atoms with E-state index < -0.39 is 0 Å². The summed E-state index contributed by atoms with van der Waals surface area (Å²) < 4.78 is 10.9. The second-order valence-corrected chi connectivity index (χ2v) is 6.71. The maximum Gasteiger partial charge on any atom is 0.224 e. The number of amides is 1. The van der Waals surface area contributed by atoms with E-state index in [0.717, 1.165) is 40.2 Å². The maximum absolute atomic E-state index is 12.1. The van der Waals surface area contributed by atoms with Crippen LogP contribution in [0.4, 0.5) is 0 Å². The van der Waals surface area contributed by atoms with Gasteiger partial charge in [-0.15, -0.1) is 0 Å². The Morgan fingerprint density at radius 2 is 2.17 bits per heavy atom. The zero-order chi connectivity index (χ0) is 16.8. The van der Waals surface area contributed by atoms with Crippen LogP contribution in [0.5, 0.6) is 0 Å². The molecule has 0 aliphatic heterocycles. The van der Waals surface area contributed by atoms with E-state index in [1.807, 2.05) is 24.3 Å². The monoisotopic (exact) mass is 343 g/mol. The molecule has 0 radical (unpaired) electrons. The Bertz CT molecular complexity index is 792. The van der Waals surface area contributed by atoms with E-state index >= 15 is 0 Å². The smallest absolute Gasteiger partial charge is 0.224 e. The number of furan rings is 2. The highest BCUT2D eigenvalue weighted by Crippen LogP contribution is 2.23. The predicted molar refractivity (Wildman–Crippen MR) is 97.2 cm³/mol. The molecule has 126 valence electrons. The van der Waals surface area contributed by atoms with E-state index in [1.54, 1.807) is 24.3 Å². The third-order valence-electron chi connectivity index (χ3n) is 3.87. The molecule has 1 aromatic carbocycles. The molecule has 3 rings (SSSR count). The Morgan fingerprint density at radius 3 is 2.96 bits per heavy atom. The summed E-state index contributed by atoms with van der Waals surface area (Å²) in [6.07, 6.45) is 4.69. The topological polar surface area (TPSA) is 55.4 Å². The number of carbonyl (C=O) groups excluding carboxylic acids is 1. The lowest BCUT2D eigenvalue weighted by molar-refractivity contribution is -0.120. The second-order valence-electron chi connectivity index (χ2n) is 5.60. The van der Waals surface area contributed by atoms with Crippen LogP contribution in [0.2, 0.25) is 0 Å². The number of rotatable bonds is 8. The van der Waals surface area contributed by atoms with E-state index in [4.69, 9.17) is 8.83 Å². The predicted octanol–water partition coefficient (Wildman–Crippen LogP) is 4.18. The van der Waals surface area contributed by atoms with Crippen LogP contribution in [0.15, 0.2) is 51.7 Å². The molecule has 1 N–H and O–H groups in total. The lowest BCUT2D eigenvalue weighted by Crippen LogP contribution is -2.27. The maximum atomic E-state index is 12.1. The quantitative estimate of drug-likeness (QED) is 0.623. The Labute approximate surface area is 145 Å². The van der Waals surface area contributed by atoms with Gasteiger partial charge in [-0.3, -0.25) is 4.79 Å². The van der Waals surface area contributed by atoms with Crippen LogP contribution in [-0.2, 0) is 23.4 Å². The van der Waals surface area contributed by atoms with Gasteiger partial charge in [0.25, 0.3) is 0 Å². The van der Waals surface area contributed by atoms with Gasteiger partial charge in [0.1, 0.15) is 11.3 Å². The Balaban J connectivity index is 1.45. The van der Waals surface area contributed by atoms with Crippen molar-refractivity contribution in [2.75, 3.05) is 12.3 Å². The molecule has 5 heteroatoms. The molecule has 0 aliphatic carbocycles. The fourth-order valence-electron chi connectivity index (χ4n) is 2.55. The molecule has 0 aliphatic rings. The van der Waals surface area contributed by atoms with Crippen molar-refractivity contribution in [1.29, 1.82) is 0 Å². The number of hydrogen-bond donors (Lipinski definition) is 1. The lowest BCUT2D eigenvalue weighted by Gasteiger charge is -2.04. The first-order chi connectivity index (χ1) is 11.8. The summed E-state index contributed by atoms with van der Waals surface area (Å²) in [7, 11) is 0. The molecule has 0 saturated carbocycles. The van der Waals surface area contributed by atoms with Crippen molar-refractivity contribution >= 4 is 28.6 Å². The van der Waals surface area contributed by atoms with Gasteiger partial charge in [-0.1, -0.05) is 19.1 Å². The minimum atomic E-state index is 0.0240. The van der Waals surface area contributed by atoms with E-state index in [9.17, 15) is 4.79 Å². The first kappa shape index (κ1) is 16.7. The van der Waals surface area contributed by atoms with Crippen molar-refractivity contribution in [3.63, 3.8) is 0 Å². The highest BCUT2D eigenvalue weighted by molar-refractivity contribution is 7.98.